The maximum atomic E-state index is 13.1. The standard InChI is InChI=1S/C14H17FO/c15-13-3-1-2-10(7-13)8-14(16)9-11-4-5-12(14)6-11/h1-3,7,11-12,16H,4-6,8-9H2. The van der Waals surface area contributed by atoms with Crippen LogP contribution in [-0.4, -0.2) is 10.7 Å². The maximum Gasteiger partial charge on any atom is 0.123 e. The molecule has 0 aromatic heterocycles. The molecule has 2 bridgehead atoms. The van der Waals surface area contributed by atoms with Gasteiger partial charge in [-0.15, -0.1) is 0 Å². The van der Waals surface area contributed by atoms with Gasteiger partial charge in [0.1, 0.15) is 5.82 Å². The second-order valence-electron chi connectivity index (χ2n) is 5.49. The molecule has 86 valence electrons. The van der Waals surface area contributed by atoms with Crippen LogP contribution in [-0.2, 0) is 6.42 Å². The summed E-state index contributed by atoms with van der Waals surface area (Å²) in [7, 11) is 0. The van der Waals surface area contributed by atoms with Crippen LogP contribution in [0.2, 0.25) is 0 Å². The van der Waals surface area contributed by atoms with Gasteiger partial charge in [0.25, 0.3) is 0 Å². The largest absolute Gasteiger partial charge is 0.389 e. The van der Waals surface area contributed by atoms with E-state index in [9.17, 15) is 9.50 Å². The van der Waals surface area contributed by atoms with Crippen molar-refractivity contribution in [2.75, 3.05) is 0 Å². The molecule has 3 unspecified atom stereocenters. The quantitative estimate of drug-likeness (QED) is 0.812. The molecule has 0 aliphatic heterocycles. The lowest BCUT2D eigenvalue weighted by molar-refractivity contribution is -0.0125. The van der Waals surface area contributed by atoms with E-state index in [1.165, 1.54) is 18.9 Å². The third-order valence-electron chi connectivity index (χ3n) is 4.34. The molecule has 2 saturated carbocycles. The van der Waals surface area contributed by atoms with Gasteiger partial charge in [-0.25, -0.2) is 4.39 Å². The van der Waals surface area contributed by atoms with Crippen molar-refractivity contribution in [1.82, 2.24) is 0 Å². The number of hydrogen-bond acceptors (Lipinski definition) is 1. The Morgan fingerprint density at radius 2 is 2.25 bits per heavy atom. The zero-order valence-corrected chi connectivity index (χ0v) is 9.32. The Bertz CT molecular complexity index is 403. The van der Waals surface area contributed by atoms with Gasteiger partial charge in [-0.3, -0.25) is 0 Å². The second-order valence-corrected chi connectivity index (χ2v) is 5.49. The Kier molecular flexibility index (Phi) is 2.28. The average Bonchev–Trinajstić information content (AvgIpc) is 2.76. The zero-order valence-electron chi connectivity index (χ0n) is 9.32. The molecular weight excluding hydrogens is 203 g/mol. The van der Waals surface area contributed by atoms with Crippen LogP contribution in [0.4, 0.5) is 4.39 Å². The van der Waals surface area contributed by atoms with Crippen LogP contribution in [0.25, 0.3) is 0 Å². The smallest absolute Gasteiger partial charge is 0.123 e. The summed E-state index contributed by atoms with van der Waals surface area (Å²) < 4.78 is 13.1. The van der Waals surface area contributed by atoms with Gasteiger partial charge in [0.15, 0.2) is 0 Å². The Labute approximate surface area is 95.3 Å². The summed E-state index contributed by atoms with van der Waals surface area (Å²) in [6.45, 7) is 0. The summed E-state index contributed by atoms with van der Waals surface area (Å²) in [4.78, 5) is 0. The van der Waals surface area contributed by atoms with E-state index >= 15 is 0 Å². The lowest BCUT2D eigenvalue weighted by atomic mass is 9.80. The van der Waals surface area contributed by atoms with Crippen LogP contribution in [0.15, 0.2) is 24.3 Å². The summed E-state index contributed by atoms with van der Waals surface area (Å²) in [5.74, 6) is 0.952. The van der Waals surface area contributed by atoms with Crippen LogP contribution >= 0.6 is 0 Å². The van der Waals surface area contributed by atoms with Crippen molar-refractivity contribution in [1.29, 1.82) is 0 Å². The van der Waals surface area contributed by atoms with Crippen molar-refractivity contribution in [3.05, 3.63) is 35.6 Å². The third-order valence-corrected chi connectivity index (χ3v) is 4.34. The highest BCUT2D eigenvalue weighted by Crippen LogP contribution is 2.51. The molecule has 0 radical (unpaired) electrons. The molecule has 1 N–H and O–H groups in total. The SMILES string of the molecule is OC1(Cc2cccc(F)c2)CC2CCC1C2. The van der Waals surface area contributed by atoms with E-state index in [2.05, 4.69) is 0 Å². The summed E-state index contributed by atoms with van der Waals surface area (Å²) in [6.07, 6.45) is 5.12. The first-order valence-corrected chi connectivity index (χ1v) is 6.12. The lowest BCUT2D eigenvalue weighted by Gasteiger charge is -2.32. The van der Waals surface area contributed by atoms with Crippen molar-refractivity contribution in [2.24, 2.45) is 11.8 Å². The van der Waals surface area contributed by atoms with E-state index in [0.29, 0.717) is 18.3 Å². The van der Waals surface area contributed by atoms with E-state index < -0.39 is 5.60 Å². The highest BCUT2D eigenvalue weighted by atomic mass is 19.1. The first-order chi connectivity index (χ1) is 7.66. The minimum absolute atomic E-state index is 0.204. The molecule has 1 nitrogen and oxygen atoms in total. The van der Waals surface area contributed by atoms with Crippen molar-refractivity contribution in [3.63, 3.8) is 0 Å². The predicted octanol–water partition coefficient (Wildman–Crippen LogP) is 2.92. The molecule has 0 amide bonds. The summed E-state index contributed by atoms with van der Waals surface area (Å²) >= 11 is 0. The molecule has 2 aliphatic rings. The van der Waals surface area contributed by atoms with Gasteiger partial charge in [-0.05, 0) is 55.2 Å². The molecule has 0 spiro atoms. The Balaban J connectivity index is 1.79. The summed E-state index contributed by atoms with van der Waals surface area (Å²) in [5.41, 5.74) is 0.367. The number of aliphatic hydroxyl groups is 1. The van der Waals surface area contributed by atoms with Gasteiger partial charge >= 0.3 is 0 Å². The van der Waals surface area contributed by atoms with Gasteiger partial charge in [-0.1, -0.05) is 12.1 Å². The molecular formula is C14H17FO. The van der Waals surface area contributed by atoms with E-state index in [1.807, 2.05) is 6.07 Å². The molecule has 0 heterocycles. The number of fused-ring (bicyclic) bond motifs is 2. The third kappa shape index (κ3) is 1.65. The Morgan fingerprint density at radius 1 is 1.38 bits per heavy atom. The van der Waals surface area contributed by atoms with Crippen LogP contribution in [0.3, 0.4) is 0 Å². The minimum Gasteiger partial charge on any atom is -0.389 e. The van der Waals surface area contributed by atoms with Crippen LogP contribution in [0.1, 0.15) is 31.2 Å². The zero-order chi connectivity index (χ0) is 11.2. The van der Waals surface area contributed by atoms with E-state index in [-0.39, 0.29) is 5.82 Å². The molecule has 1 aromatic rings. The van der Waals surface area contributed by atoms with Gasteiger partial charge in [0.2, 0.25) is 0 Å². The molecule has 2 aliphatic carbocycles. The molecule has 16 heavy (non-hydrogen) atoms. The maximum absolute atomic E-state index is 13.1. The fourth-order valence-electron chi connectivity index (χ4n) is 3.63. The van der Waals surface area contributed by atoms with Crippen molar-refractivity contribution in [3.8, 4) is 0 Å². The number of benzene rings is 1. The molecule has 3 rings (SSSR count). The van der Waals surface area contributed by atoms with Gasteiger partial charge in [0, 0.05) is 6.42 Å². The van der Waals surface area contributed by atoms with Crippen LogP contribution < -0.4 is 0 Å². The second kappa shape index (κ2) is 3.56. The van der Waals surface area contributed by atoms with Crippen molar-refractivity contribution >= 4 is 0 Å². The van der Waals surface area contributed by atoms with Crippen molar-refractivity contribution in [2.45, 2.75) is 37.7 Å². The van der Waals surface area contributed by atoms with Gasteiger partial charge in [0.05, 0.1) is 5.60 Å². The summed E-state index contributed by atoms with van der Waals surface area (Å²) in [6, 6.07) is 6.63. The monoisotopic (exact) mass is 220 g/mol. The minimum atomic E-state index is -0.559. The first kappa shape index (κ1) is 10.3. The Hall–Kier alpha value is -0.890. The van der Waals surface area contributed by atoms with Gasteiger partial charge in [-0.2, -0.15) is 0 Å². The molecule has 2 heteroatoms. The topological polar surface area (TPSA) is 20.2 Å². The first-order valence-electron chi connectivity index (χ1n) is 6.12. The van der Waals surface area contributed by atoms with Crippen LogP contribution in [0.5, 0.6) is 0 Å². The molecule has 1 aromatic carbocycles. The molecule has 2 fully saturated rings. The normalized spacial score (nSPS) is 36.9. The highest BCUT2D eigenvalue weighted by molar-refractivity contribution is 5.20. The van der Waals surface area contributed by atoms with Crippen molar-refractivity contribution < 1.29 is 9.50 Å². The predicted molar refractivity (Wildman–Crippen MR) is 60.5 cm³/mol. The van der Waals surface area contributed by atoms with Crippen LogP contribution in [0, 0.1) is 17.7 Å². The number of halogens is 1. The number of rotatable bonds is 2. The van der Waals surface area contributed by atoms with E-state index in [0.717, 1.165) is 18.4 Å². The highest BCUT2D eigenvalue weighted by Gasteiger charge is 2.49. The van der Waals surface area contributed by atoms with E-state index in [4.69, 9.17) is 0 Å². The molecule has 0 saturated heterocycles. The fourth-order valence-corrected chi connectivity index (χ4v) is 3.63. The molecule has 3 atom stereocenters. The van der Waals surface area contributed by atoms with E-state index in [1.54, 1.807) is 12.1 Å². The lowest BCUT2D eigenvalue weighted by Crippen LogP contribution is -2.37. The van der Waals surface area contributed by atoms with Gasteiger partial charge < -0.3 is 5.11 Å². The Morgan fingerprint density at radius 3 is 2.88 bits per heavy atom. The summed E-state index contributed by atoms with van der Waals surface area (Å²) in [5, 5.41) is 10.6. The number of hydrogen-bond donors (Lipinski definition) is 1. The average molecular weight is 220 g/mol. The fraction of sp³-hybridized carbons (Fsp3) is 0.571.